The van der Waals surface area contributed by atoms with Crippen LogP contribution in [0.2, 0.25) is 0 Å². The number of imidazole rings is 1. The molecule has 0 saturated carbocycles. The van der Waals surface area contributed by atoms with Crippen LogP contribution in [0.25, 0.3) is 4.96 Å². The van der Waals surface area contributed by atoms with Crippen molar-refractivity contribution in [3.63, 3.8) is 0 Å². The summed E-state index contributed by atoms with van der Waals surface area (Å²) in [6.07, 6.45) is 7.28. The molecule has 0 bridgehead atoms. The summed E-state index contributed by atoms with van der Waals surface area (Å²) in [5.41, 5.74) is 0.939. The molecule has 3 heterocycles. The van der Waals surface area contributed by atoms with E-state index < -0.39 is 0 Å². The predicted octanol–water partition coefficient (Wildman–Crippen LogP) is 2.53. The normalized spacial score (nSPS) is 13.2. The fourth-order valence-electron chi connectivity index (χ4n) is 1.98. The van der Waals surface area contributed by atoms with Crippen LogP contribution in [0.1, 0.15) is 17.9 Å². The second-order valence-corrected chi connectivity index (χ2v) is 5.17. The van der Waals surface area contributed by atoms with Gasteiger partial charge in [-0.3, -0.25) is 4.40 Å². The molecule has 0 amide bonds. The van der Waals surface area contributed by atoms with Crippen molar-refractivity contribution < 1.29 is 9.52 Å². The van der Waals surface area contributed by atoms with Gasteiger partial charge < -0.3 is 9.52 Å². The summed E-state index contributed by atoms with van der Waals surface area (Å²) in [7, 11) is 0. The molecule has 3 aromatic rings. The summed E-state index contributed by atoms with van der Waals surface area (Å²) in [4.78, 5) is 5.43. The Kier molecular flexibility index (Phi) is 3.17. The molecular formula is C13H14N2O2S. The fourth-order valence-corrected chi connectivity index (χ4v) is 2.70. The molecule has 0 fully saturated rings. The van der Waals surface area contributed by atoms with Crippen LogP contribution in [0.4, 0.5) is 0 Å². The third kappa shape index (κ3) is 2.47. The quantitative estimate of drug-likeness (QED) is 0.768. The average molecular weight is 262 g/mol. The van der Waals surface area contributed by atoms with Gasteiger partial charge in [-0.2, -0.15) is 0 Å². The van der Waals surface area contributed by atoms with Gasteiger partial charge >= 0.3 is 0 Å². The summed E-state index contributed by atoms with van der Waals surface area (Å²) < 4.78 is 7.23. The van der Waals surface area contributed by atoms with E-state index in [1.54, 1.807) is 17.6 Å². The van der Waals surface area contributed by atoms with Crippen LogP contribution in [0, 0.1) is 0 Å². The number of aromatic nitrogens is 2. The minimum Gasteiger partial charge on any atom is -0.469 e. The number of fused-ring (bicyclic) bond motifs is 1. The third-order valence-electron chi connectivity index (χ3n) is 2.89. The number of hydrogen-bond donors (Lipinski definition) is 1. The van der Waals surface area contributed by atoms with Gasteiger partial charge in [0, 0.05) is 30.6 Å². The Morgan fingerprint density at radius 2 is 2.44 bits per heavy atom. The van der Waals surface area contributed by atoms with E-state index in [0.717, 1.165) is 22.8 Å². The molecule has 18 heavy (non-hydrogen) atoms. The highest BCUT2D eigenvalue weighted by molar-refractivity contribution is 7.15. The number of furan rings is 1. The van der Waals surface area contributed by atoms with Gasteiger partial charge in [0.25, 0.3) is 0 Å². The minimum absolute atomic E-state index is 0.375. The molecule has 0 radical (unpaired) electrons. The summed E-state index contributed by atoms with van der Waals surface area (Å²) in [6.45, 7) is 0. The molecule has 3 aromatic heterocycles. The summed E-state index contributed by atoms with van der Waals surface area (Å²) in [5, 5.41) is 12.0. The van der Waals surface area contributed by atoms with E-state index in [9.17, 15) is 5.11 Å². The minimum atomic E-state index is -0.375. The Balaban J connectivity index is 1.57. The topological polar surface area (TPSA) is 50.7 Å². The maximum absolute atomic E-state index is 9.98. The lowest BCUT2D eigenvalue weighted by atomic mass is 10.1. The van der Waals surface area contributed by atoms with Gasteiger partial charge in [-0.15, -0.1) is 11.3 Å². The number of nitrogens with zero attached hydrogens (tertiary/aromatic N) is 2. The van der Waals surface area contributed by atoms with E-state index >= 15 is 0 Å². The van der Waals surface area contributed by atoms with Gasteiger partial charge in [-0.05, 0) is 18.6 Å². The van der Waals surface area contributed by atoms with Crippen molar-refractivity contribution in [2.45, 2.75) is 25.4 Å². The zero-order valence-electron chi connectivity index (χ0n) is 9.82. The van der Waals surface area contributed by atoms with Crippen molar-refractivity contribution in [1.82, 2.24) is 9.38 Å². The zero-order chi connectivity index (χ0) is 12.4. The Bertz CT molecular complexity index is 583. The molecule has 1 atom stereocenters. The van der Waals surface area contributed by atoms with E-state index in [2.05, 4.69) is 4.98 Å². The van der Waals surface area contributed by atoms with Crippen LogP contribution in [0.3, 0.4) is 0 Å². The highest BCUT2D eigenvalue weighted by Gasteiger charge is 2.10. The largest absolute Gasteiger partial charge is 0.469 e. The first-order valence-electron chi connectivity index (χ1n) is 5.93. The van der Waals surface area contributed by atoms with Gasteiger partial charge in [-0.1, -0.05) is 0 Å². The Hall–Kier alpha value is -1.59. The van der Waals surface area contributed by atoms with Crippen LogP contribution < -0.4 is 0 Å². The van der Waals surface area contributed by atoms with Crippen molar-refractivity contribution >= 4 is 16.3 Å². The number of aliphatic hydroxyl groups is 1. The lowest BCUT2D eigenvalue weighted by Gasteiger charge is -2.06. The fraction of sp³-hybridized carbons (Fsp3) is 0.308. The molecule has 0 spiro atoms. The summed E-state index contributed by atoms with van der Waals surface area (Å²) in [6, 6.07) is 3.80. The molecule has 1 unspecified atom stereocenters. The van der Waals surface area contributed by atoms with Crippen molar-refractivity contribution in [2.24, 2.45) is 0 Å². The molecule has 0 aromatic carbocycles. The van der Waals surface area contributed by atoms with E-state index in [1.807, 2.05) is 34.3 Å². The van der Waals surface area contributed by atoms with Gasteiger partial charge in [0.15, 0.2) is 4.96 Å². The van der Waals surface area contributed by atoms with Crippen LogP contribution in [0.15, 0.2) is 40.6 Å². The van der Waals surface area contributed by atoms with E-state index in [4.69, 9.17) is 4.42 Å². The van der Waals surface area contributed by atoms with Crippen molar-refractivity contribution in [3.05, 3.63) is 47.6 Å². The van der Waals surface area contributed by atoms with Gasteiger partial charge in [-0.25, -0.2) is 4.98 Å². The van der Waals surface area contributed by atoms with Gasteiger partial charge in [0.1, 0.15) is 5.76 Å². The Morgan fingerprint density at radius 1 is 1.50 bits per heavy atom. The maximum atomic E-state index is 9.98. The second-order valence-electron chi connectivity index (χ2n) is 4.30. The van der Waals surface area contributed by atoms with Crippen LogP contribution in [-0.2, 0) is 12.8 Å². The number of rotatable bonds is 5. The third-order valence-corrected chi connectivity index (χ3v) is 3.66. The molecule has 0 aliphatic rings. The molecular weight excluding hydrogens is 248 g/mol. The highest BCUT2D eigenvalue weighted by Crippen LogP contribution is 2.14. The van der Waals surface area contributed by atoms with Crippen LogP contribution in [0.5, 0.6) is 0 Å². The van der Waals surface area contributed by atoms with Gasteiger partial charge in [0.05, 0.1) is 18.1 Å². The molecule has 3 rings (SSSR count). The van der Waals surface area contributed by atoms with Gasteiger partial charge in [0.2, 0.25) is 0 Å². The Morgan fingerprint density at radius 3 is 3.22 bits per heavy atom. The van der Waals surface area contributed by atoms with E-state index in [1.165, 1.54) is 0 Å². The molecule has 0 aliphatic heterocycles. The average Bonchev–Trinajstić information content (AvgIpc) is 3.01. The van der Waals surface area contributed by atoms with Crippen molar-refractivity contribution in [3.8, 4) is 0 Å². The molecule has 4 nitrogen and oxygen atoms in total. The number of hydrogen-bond acceptors (Lipinski definition) is 4. The van der Waals surface area contributed by atoms with Crippen molar-refractivity contribution in [1.29, 1.82) is 0 Å². The lowest BCUT2D eigenvalue weighted by Crippen LogP contribution is -2.11. The summed E-state index contributed by atoms with van der Waals surface area (Å²) in [5.74, 6) is 0.917. The van der Waals surface area contributed by atoms with Crippen LogP contribution in [-0.4, -0.2) is 20.6 Å². The SMILES string of the molecule is OC(CCc1ccco1)Cc1cn2ccsc2n1. The second kappa shape index (κ2) is 4.96. The number of thiazole rings is 1. The molecule has 0 saturated heterocycles. The molecule has 5 heteroatoms. The molecule has 94 valence electrons. The standard InChI is InChI=1S/C13H14N2O2S/c16-11(3-4-12-2-1-6-17-12)8-10-9-15-5-7-18-13(15)14-10/h1-2,5-7,9,11,16H,3-4,8H2. The van der Waals surface area contributed by atoms with Crippen molar-refractivity contribution in [2.75, 3.05) is 0 Å². The first kappa shape index (κ1) is 11.5. The molecule has 0 aliphatic carbocycles. The number of aliphatic hydroxyl groups excluding tert-OH is 1. The smallest absolute Gasteiger partial charge is 0.193 e. The summed E-state index contributed by atoms with van der Waals surface area (Å²) >= 11 is 1.60. The highest BCUT2D eigenvalue weighted by atomic mass is 32.1. The zero-order valence-corrected chi connectivity index (χ0v) is 10.6. The predicted molar refractivity (Wildman–Crippen MR) is 69.8 cm³/mol. The molecule has 1 N–H and O–H groups in total. The van der Waals surface area contributed by atoms with Crippen LogP contribution >= 0.6 is 11.3 Å². The Labute approximate surface area is 109 Å². The van der Waals surface area contributed by atoms with E-state index in [0.29, 0.717) is 12.8 Å². The number of aryl methyl sites for hydroxylation is 1. The monoisotopic (exact) mass is 262 g/mol. The maximum Gasteiger partial charge on any atom is 0.193 e. The first-order chi connectivity index (χ1) is 8.81. The first-order valence-corrected chi connectivity index (χ1v) is 6.81. The lowest BCUT2D eigenvalue weighted by molar-refractivity contribution is 0.162. The van der Waals surface area contributed by atoms with E-state index in [-0.39, 0.29) is 6.10 Å².